The number of carbonyl (C=O) groups is 1. The second kappa shape index (κ2) is 9.82. The summed E-state index contributed by atoms with van der Waals surface area (Å²) in [5.41, 5.74) is 3.08. The number of carbonyl (C=O) groups excluding carboxylic acids is 1. The van der Waals surface area contributed by atoms with Crippen LogP contribution in [0.5, 0.6) is 5.75 Å². The van der Waals surface area contributed by atoms with Crippen molar-refractivity contribution < 1.29 is 20.6 Å². The fourth-order valence-corrected chi connectivity index (χ4v) is 4.62. The van der Waals surface area contributed by atoms with Crippen molar-refractivity contribution in [3.63, 3.8) is 0 Å². The number of ether oxygens (including phenoxy) is 1. The molecule has 1 saturated carbocycles. The average Bonchev–Trinajstić information content (AvgIpc) is 3.62. The molecule has 1 unspecified atom stereocenters. The first kappa shape index (κ1) is 24.6. The summed E-state index contributed by atoms with van der Waals surface area (Å²) in [6.45, 7) is 1.98. The Bertz CT molecular complexity index is 1180. The molecule has 33 heavy (non-hydrogen) atoms. The van der Waals surface area contributed by atoms with Crippen LogP contribution >= 0.6 is 0 Å². The van der Waals surface area contributed by atoms with Crippen LogP contribution in [0.2, 0.25) is 0 Å². The van der Waals surface area contributed by atoms with Crippen LogP contribution in [0.3, 0.4) is 0 Å². The molecule has 4 rings (SSSR count). The van der Waals surface area contributed by atoms with E-state index in [9.17, 15) is 9.00 Å². The lowest BCUT2D eigenvalue weighted by molar-refractivity contribution is -0.118. The normalized spacial score (nSPS) is 14.8. The first-order valence-electron chi connectivity index (χ1n) is 10.5. The van der Waals surface area contributed by atoms with Gasteiger partial charge < -0.3 is 15.5 Å². The largest absolute Gasteiger partial charge is 0.497 e. The Hall–Kier alpha value is -3.07. The van der Waals surface area contributed by atoms with Gasteiger partial charge in [-0.1, -0.05) is 30.3 Å². The molecule has 1 heterocycles. The van der Waals surface area contributed by atoms with Crippen molar-refractivity contribution in [1.29, 1.82) is 0 Å². The minimum absolute atomic E-state index is 0. The molecule has 1 aliphatic rings. The molecular weight excluding hydrogens is 438 g/mol. The third kappa shape index (κ3) is 4.98. The Morgan fingerprint density at radius 3 is 2.42 bits per heavy atom. The monoisotopic (exact) mass is 469 g/mol. The molecule has 0 bridgehead atoms. The summed E-state index contributed by atoms with van der Waals surface area (Å²) >= 11 is 0. The molecule has 1 fully saturated rings. The predicted octanol–water partition coefficient (Wildman–Crippen LogP) is 3.74. The third-order valence-corrected chi connectivity index (χ3v) is 7.13. The number of methoxy groups -OCH3 is 1. The summed E-state index contributed by atoms with van der Waals surface area (Å²) in [6.07, 6.45) is 1.62. The van der Waals surface area contributed by atoms with Crippen molar-refractivity contribution in [1.82, 2.24) is 9.29 Å². The molecule has 7 nitrogen and oxygen atoms in total. The summed E-state index contributed by atoms with van der Waals surface area (Å²) in [5.74, 6) is 1.23. The first-order chi connectivity index (χ1) is 15.3. The highest BCUT2D eigenvalue weighted by molar-refractivity contribution is 7.82. The van der Waals surface area contributed by atoms with Gasteiger partial charge in [-0.3, -0.25) is 4.79 Å². The van der Waals surface area contributed by atoms with Crippen molar-refractivity contribution in [3.05, 3.63) is 71.8 Å². The lowest BCUT2D eigenvalue weighted by Crippen LogP contribution is -2.28. The van der Waals surface area contributed by atoms with Crippen LogP contribution in [0.25, 0.3) is 11.3 Å². The Balaban J connectivity index is 0.00000204. The van der Waals surface area contributed by atoms with Gasteiger partial charge >= 0.3 is 0 Å². The molecule has 176 valence electrons. The van der Waals surface area contributed by atoms with Gasteiger partial charge in [-0.2, -0.15) is 0 Å². The Labute approximate surface area is 198 Å². The maximum Gasteiger partial charge on any atom is 0.236 e. The molecule has 1 atom stereocenters. The highest BCUT2D eigenvalue weighted by Crippen LogP contribution is 2.49. The molecule has 1 aromatic heterocycles. The SMILES string of the molecule is COc1ccc(C2(C(=O)Nc3ccc(C)c(-c4cccc(S(=O)N(C)C)c4)n3)CC2)cc1.O.[HH]. The van der Waals surface area contributed by atoms with Crippen LogP contribution < -0.4 is 10.1 Å². The average molecular weight is 470 g/mol. The van der Waals surface area contributed by atoms with Crippen molar-refractivity contribution in [2.24, 2.45) is 0 Å². The molecular formula is C25H31N3O4S. The number of pyridine rings is 1. The molecule has 0 radical (unpaired) electrons. The Morgan fingerprint density at radius 1 is 1.12 bits per heavy atom. The number of nitrogens with one attached hydrogen (secondary N) is 1. The summed E-state index contributed by atoms with van der Waals surface area (Å²) in [4.78, 5) is 18.6. The number of rotatable bonds is 7. The maximum atomic E-state index is 13.2. The van der Waals surface area contributed by atoms with Crippen LogP contribution in [0.4, 0.5) is 5.82 Å². The minimum atomic E-state index is -1.24. The standard InChI is InChI=1S/C25H27N3O3S.H2O.H2/c1-17-8-13-22(26-23(17)18-6-5-7-21(16-18)32(30)28(2)3)27-24(29)25(14-15-25)19-9-11-20(31-4)12-10-19;;/h5-13,16H,14-15H2,1-4H3,(H,26,27,29);1H2;1H. The lowest BCUT2D eigenvalue weighted by atomic mass is 9.95. The van der Waals surface area contributed by atoms with Gasteiger partial charge in [0.15, 0.2) is 0 Å². The molecule has 1 amide bonds. The number of hydrogen-bond donors (Lipinski definition) is 1. The molecule has 3 N–H and O–H groups in total. The zero-order valence-electron chi connectivity index (χ0n) is 19.2. The molecule has 2 aromatic carbocycles. The van der Waals surface area contributed by atoms with E-state index >= 15 is 0 Å². The molecule has 0 aliphatic heterocycles. The van der Waals surface area contributed by atoms with Crippen LogP contribution in [0.1, 0.15) is 25.4 Å². The zero-order chi connectivity index (χ0) is 22.9. The van der Waals surface area contributed by atoms with Gasteiger partial charge in [0.05, 0.1) is 23.1 Å². The molecule has 1 aliphatic carbocycles. The van der Waals surface area contributed by atoms with E-state index in [2.05, 4.69) is 5.32 Å². The number of aromatic nitrogens is 1. The highest BCUT2D eigenvalue weighted by atomic mass is 32.2. The summed E-state index contributed by atoms with van der Waals surface area (Å²) in [5, 5.41) is 3.02. The summed E-state index contributed by atoms with van der Waals surface area (Å²) in [6, 6.07) is 19.0. The Morgan fingerprint density at radius 2 is 1.82 bits per heavy atom. The van der Waals surface area contributed by atoms with Gasteiger partial charge in [-0.05, 0) is 75.3 Å². The molecule has 3 aromatic rings. The van der Waals surface area contributed by atoms with Crippen LogP contribution in [0.15, 0.2) is 65.6 Å². The van der Waals surface area contributed by atoms with E-state index in [1.165, 1.54) is 0 Å². The minimum Gasteiger partial charge on any atom is -0.497 e. The fraction of sp³-hybridized carbons (Fsp3) is 0.280. The Kier molecular flexibility index (Phi) is 7.31. The number of benzene rings is 2. The van der Waals surface area contributed by atoms with Crippen molar-refractivity contribution >= 4 is 22.7 Å². The topological polar surface area (TPSA) is 103 Å². The molecule has 0 spiro atoms. The van der Waals surface area contributed by atoms with Gasteiger partial charge in [-0.15, -0.1) is 0 Å². The number of amides is 1. The van der Waals surface area contributed by atoms with Gasteiger partial charge in [0.1, 0.15) is 22.6 Å². The summed E-state index contributed by atoms with van der Waals surface area (Å²) in [7, 11) is 3.94. The van der Waals surface area contributed by atoms with Gasteiger partial charge in [0.2, 0.25) is 5.91 Å². The smallest absolute Gasteiger partial charge is 0.236 e. The quantitative estimate of drug-likeness (QED) is 0.569. The highest BCUT2D eigenvalue weighted by Gasteiger charge is 2.51. The zero-order valence-corrected chi connectivity index (χ0v) is 20.0. The number of nitrogens with zero attached hydrogens (tertiary/aromatic N) is 2. The van der Waals surface area contributed by atoms with E-state index < -0.39 is 16.4 Å². The van der Waals surface area contributed by atoms with Crippen molar-refractivity contribution in [2.45, 2.75) is 30.1 Å². The van der Waals surface area contributed by atoms with Gasteiger partial charge in [0.25, 0.3) is 0 Å². The van der Waals surface area contributed by atoms with E-state index in [1.54, 1.807) is 25.5 Å². The van der Waals surface area contributed by atoms with E-state index in [0.717, 1.165) is 41.0 Å². The van der Waals surface area contributed by atoms with E-state index in [4.69, 9.17) is 9.72 Å². The maximum absolute atomic E-state index is 13.2. The second-order valence-corrected chi connectivity index (χ2v) is 9.92. The van der Waals surface area contributed by atoms with Crippen LogP contribution in [-0.2, 0) is 21.2 Å². The second-order valence-electron chi connectivity index (χ2n) is 8.22. The summed E-state index contributed by atoms with van der Waals surface area (Å²) < 4.78 is 19.4. The van der Waals surface area contributed by atoms with Crippen molar-refractivity contribution in [3.8, 4) is 17.0 Å². The first-order valence-corrected chi connectivity index (χ1v) is 11.6. The van der Waals surface area contributed by atoms with Gasteiger partial charge in [-0.25, -0.2) is 13.5 Å². The number of hydrogen-bond acceptors (Lipinski definition) is 4. The van der Waals surface area contributed by atoms with Crippen LogP contribution in [0, 0.1) is 6.92 Å². The van der Waals surface area contributed by atoms with Crippen molar-refractivity contribution in [2.75, 3.05) is 26.5 Å². The van der Waals surface area contributed by atoms with E-state index in [1.807, 2.05) is 67.6 Å². The van der Waals surface area contributed by atoms with Crippen LogP contribution in [-0.4, -0.2) is 46.1 Å². The number of aryl methyl sites for hydroxylation is 1. The van der Waals surface area contributed by atoms with E-state index in [-0.39, 0.29) is 12.8 Å². The van der Waals surface area contributed by atoms with Gasteiger partial charge in [0, 0.05) is 6.99 Å². The lowest BCUT2D eigenvalue weighted by Gasteiger charge is -2.17. The molecule has 8 heteroatoms. The fourth-order valence-electron chi connectivity index (χ4n) is 3.77. The third-order valence-electron chi connectivity index (χ3n) is 5.81. The van der Waals surface area contributed by atoms with E-state index in [0.29, 0.717) is 10.7 Å². The predicted molar refractivity (Wildman–Crippen MR) is 133 cm³/mol. The number of anilines is 1. The molecule has 0 saturated heterocycles.